The lowest BCUT2D eigenvalue weighted by Crippen LogP contribution is -2.58. The number of anilines is 1. The first-order chi connectivity index (χ1) is 18.1. The molecular weight excluding hydrogens is 495 g/mol. The molecule has 1 amide bonds. The van der Waals surface area contributed by atoms with Gasteiger partial charge in [-0.1, -0.05) is 13.3 Å². The van der Waals surface area contributed by atoms with Crippen LogP contribution in [0.4, 0.5) is 19.0 Å². The van der Waals surface area contributed by atoms with Gasteiger partial charge in [0.15, 0.2) is 6.19 Å². The molecule has 6 rings (SSSR count). The number of nitrogens with two attached hydrogens (primary N) is 1. The molecule has 206 valence electrons. The van der Waals surface area contributed by atoms with E-state index < -0.39 is 11.7 Å². The summed E-state index contributed by atoms with van der Waals surface area (Å²) in [5.74, 6) is 2.23. The molecule has 8 nitrogen and oxygen atoms in total. The lowest BCUT2D eigenvalue weighted by molar-refractivity contribution is -0.144. The van der Waals surface area contributed by atoms with E-state index in [4.69, 9.17) is 10.7 Å². The number of pyridine rings is 1. The molecule has 1 aromatic heterocycles. The number of hydrogen-bond donors (Lipinski definition) is 2. The zero-order valence-corrected chi connectivity index (χ0v) is 21.8. The molecule has 0 aromatic carbocycles. The van der Waals surface area contributed by atoms with E-state index in [2.05, 4.69) is 28.3 Å². The van der Waals surface area contributed by atoms with Crippen LogP contribution in [-0.4, -0.2) is 59.9 Å². The Hall–Kier alpha value is -2.87. The van der Waals surface area contributed by atoms with Crippen LogP contribution in [0.25, 0.3) is 0 Å². The first-order valence-electron chi connectivity index (χ1n) is 13.7. The number of aliphatic imine (C=N–C) groups is 1. The number of halogens is 3. The van der Waals surface area contributed by atoms with Crippen LogP contribution in [0.3, 0.4) is 0 Å². The molecule has 0 radical (unpaired) electrons. The van der Waals surface area contributed by atoms with Gasteiger partial charge in [-0.25, -0.2) is 4.98 Å². The van der Waals surface area contributed by atoms with Crippen LogP contribution in [0, 0.1) is 34.6 Å². The highest BCUT2D eigenvalue weighted by molar-refractivity contribution is 5.89. The number of amides is 1. The third kappa shape index (κ3) is 5.07. The van der Waals surface area contributed by atoms with Gasteiger partial charge in [0.05, 0.1) is 17.6 Å². The Labute approximate surface area is 221 Å². The molecule has 4 aliphatic carbocycles. The van der Waals surface area contributed by atoms with E-state index in [0.717, 1.165) is 57.2 Å². The van der Waals surface area contributed by atoms with Crippen LogP contribution >= 0.6 is 0 Å². The molecule has 1 saturated heterocycles. The normalized spacial score (nSPS) is 32.2. The molecule has 38 heavy (non-hydrogen) atoms. The Kier molecular flexibility index (Phi) is 7.29. The van der Waals surface area contributed by atoms with E-state index in [9.17, 15) is 23.2 Å². The fourth-order valence-electron chi connectivity index (χ4n) is 7.70. The minimum absolute atomic E-state index is 0.0512. The number of aromatic nitrogens is 1. The van der Waals surface area contributed by atoms with E-state index in [1.54, 1.807) is 0 Å². The number of nitriles is 1. The Morgan fingerprint density at radius 1 is 1.24 bits per heavy atom. The van der Waals surface area contributed by atoms with Crippen molar-refractivity contribution in [1.82, 2.24) is 15.2 Å². The molecule has 3 N–H and O–H groups in total. The Morgan fingerprint density at radius 3 is 2.45 bits per heavy atom. The third-order valence-electron chi connectivity index (χ3n) is 9.25. The second kappa shape index (κ2) is 10.4. The highest BCUT2D eigenvalue weighted by Crippen LogP contribution is 2.60. The topological polar surface area (TPSA) is 111 Å². The van der Waals surface area contributed by atoms with Crippen LogP contribution in [0.5, 0.6) is 0 Å². The average molecular weight is 532 g/mol. The predicted molar refractivity (Wildman–Crippen MR) is 137 cm³/mol. The zero-order valence-electron chi connectivity index (χ0n) is 21.8. The van der Waals surface area contributed by atoms with Gasteiger partial charge in [0.1, 0.15) is 11.7 Å². The van der Waals surface area contributed by atoms with E-state index in [0.29, 0.717) is 55.6 Å². The van der Waals surface area contributed by atoms with E-state index >= 15 is 0 Å². The van der Waals surface area contributed by atoms with Gasteiger partial charge < -0.3 is 10.6 Å². The zero-order chi connectivity index (χ0) is 27.1. The number of carbonyl (C=O) groups is 1. The molecule has 4 saturated carbocycles. The first-order valence-corrected chi connectivity index (χ1v) is 13.7. The molecule has 3 atom stereocenters. The standard InChI is InChI=1S/C27H36F3N7O/c1-2-3-21(36-6-8-37(9-7-36)22-5-4-20(15-33-22)27(28,29)30)24(34-16-31)35-23-18-10-17-11-19(23)14-26(12-17,13-18)25(32)38/h4-5,15,17-19,21,23H,2-3,6-14H2,1H3,(H2,32,38)(H,34,35). The van der Waals surface area contributed by atoms with Crippen molar-refractivity contribution in [2.24, 2.45) is 33.9 Å². The van der Waals surface area contributed by atoms with Crippen LogP contribution in [0.2, 0.25) is 0 Å². The second-order valence-electron chi connectivity index (χ2n) is 11.6. The number of rotatable bonds is 7. The van der Waals surface area contributed by atoms with Crippen molar-refractivity contribution in [3.8, 4) is 6.19 Å². The maximum atomic E-state index is 12.9. The maximum Gasteiger partial charge on any atom is 0.417 e. The van der Waals surface area contributed by atoms with Gasteiger partial charge in [-0.05, 0) is 68.4 Å². The van der Waals surface area contributed by atoms with Gasteiger partial charge >= 0.3 is 6.18 Å². The molecule has 5 aliphatic rings. The minimum atomic E-state index is -4.40. The van der Waals surface area contributed by atoms with Gasteiger partial charge in [0.25, 0.3) is 0 Å². The molecule has 5 fully saturated rings. The molecule has 4 bridgehead atoms. The number of alkyl halides is 3. The summed E-state index contributed by atoms with van der Waals surface area (Å²) in [5, 5.41) is 12.5. The highest BCUT2D eigenvalue weighted by Gasteiger charge is 2.58. The molecule has 1 aromatic rings. The van der Waals surface area contributed by atoms with Crippen molar-refractivity contribution in [1.29, 1.82) is 5.26 Å². The van der Waals surface area contributed by atoms with E-state index in [1.807, 2.05) is 4.90 Å². The van der Waals surface area contributed by atoms with Crippen LogP contribution in [0.15, 0.2) is 23.3 Å². The molecule has 0 spiro atoms. The van der Waals surface area contributed by atoms with Crippen molar-refractivity contribution >= 4 is 17.6 Å². The van der Waals surface area contributed by atoms with Crippen molar-refractivity contribution in [2.45, 2.75) is 70.1 Å². The van der Waals surface area contributed by atoms with Gasteiger partial charge in [0.2, 0.25) is 5.91 Å². The number of nitrogens with one attached hydrogen (secondary N) is 1. The average Bonchev–Trinajstić information content (AvgIpc) is 2.88. The maximum absolute atomic E-state index is 12.9. The lowest BCUT2D eigenvalue weighted by Gasteiger charge is -2.57. The second-order valence-corrected chi connectivity index (χ2v) is 11.6. The molecule has 11 heteroatoms. The van der Waals surface area contributed by atoms with E-state index in [1.165, 1.54) is 6.07 Å². The Bertz CT molecular complexity index is 1080. The summed E-state index contributed by atoms with van der Waals surface area (Å²) < 4.78 is 38.7. The first kappa shape index (κ1) is 26.7. The largest absolute Gasteiger partial charge is 0.417 e. The lowest BCUT2D eigenvalue weighted by atomic mass is 9.48. The Balaban J connectivity index is 1.30. The molecular formula is C27H36F3N7O. The summed E-state index contributed by atoms with van der Waals surface area (Å²) in [4.78, 5) is 25.9. The fourth-order valence-corrected chi connectivity index (χ4v) is 7.70. The van der Waals surface area contributed by atoms with Gasteiger partial charge in [0, 0.05) is 37.8 Å². The summed E-state index contributed by atoms with van der Waals surface area (Å²) in [7, 11) is 0. The number of carbonyl (C=O) groups excluding carboxylic acids is 1. The van der Waals surface area contributed by atoms with Crippen molar-refractivity contribution in [3.05, 3.63) is 23.9 Å². The molecule has 3 unspecified atom stereocenters. The smallest absolute Gasteiger partial charge is 0.369 e. The number of nitrogens with zero attached hydrogens (tertiary/aromatic N) is 5. The van der Waals surface area contributed by atoms with Gasteiger partial charge in [-0.15, -0.1) is 0 Å². The minimum Gasteiger partial charge on any atom is -0.369 e. The summed E-state index contributed by atoms with van der Waals surface area (Å²) >= 11 is 0. The summed E-state index contributed by atoms with van der Waals surface area (Å²) in [6.45, 7) is 4.72. The summed E-state index contributed by atoms with van der Waals surface area (Å²) in [6.07, 6.45) is 4.96. The summed E-state index contributed by atoms with van der Waals surface area (Å²) in [6, 6.07) is 2.54. The SMILES string of the molecule is CCCC(C(=NC1C2CC3CC1CC(C(N)=O)(C3)C2)NC#N)N1CCN(c2ccc(C(F)(F)F)cn2)CC1. The monoisotopic (exact) mass is 531 g/mol. The highest BCUT2D eigenvalue weighted by atomic mass is 19.4. The molecule has 2 heterocycles. The van der Waals surface area contributed by atoms with Crippen molar-refractivity contribution in [3.63, 3.8) is 0 Å². The number of hydrogen-bond acceptors (Lipinski definition) is 6. The predicted octanol–water partition coefficient (Wildman–Crippen LogP) is 3.54. The Morgan fingerprint density at radius 2 is 1.92 bits per heavy atom. The van der Waals surface area contributed by atoms with Crippen molar-refractivity contribution < 1.29 is 18.0 Å². The summed E-state index contributed by atoms with van der Waals surface area (Å²) in [5.41, 5.74) is 4.73. The quantitative estimate of drug-likeness (QED) is 0.241. The van der Waals surface area contributed by atoms with Crippen molar-refractivity contribution in [2.75, 3.05) is 31.1 Å². The van der Waals surface area contributed by atoms with Crippen LogP contribution in [0.1, 0.15) is 57.4 Å². The van der Waals surface area contributed by atoms with Gasteiger partial charge in [-0.3, -0.25) is 20.0 Å². The molecule has 1 aliphatic heterocycles. The third-order valence-corrected chi connectivity index (χ3v) is 9.25. The van der Waals surface area contributed by atoms with Crippen LogP contribution in [-0.2, 0) is 11.0 Å². The fraction of sp³-hybridized carbons (Fsp3) is 0.704. The number of primary amides is 1. The van der Waals surface area contributed by atoms with E-state index in [-0.39, 0.29) is 23.4 Å². The van der Waals surface area contributed by atoms with Gasteiger partial charge in [-0.2, -0.15) is 18.4 Å². The van der Waals surface area contributed by atoms with Crippen LogP contribution < -0.4 is 16.0 Å². The number of amidine groups is 1. The number of piperazine rings is 1.